The number of aryl methyl sites for hydroxylation is 2. The average molecular weight is 347 g/mol. The largest absolute Gasteiger partial charge is 0.390 e. The van der Waals surface area contributed by atoms with Crippen molar-refractivity contribution in [1.82, 2.24) is 9.78 Å². The molecule has 0 bridgehead atoms. The van der Waals surface area contributed by atoms with Crippen molar-refractivity contribution in [3.8, 4) is 0 Å². The van der Waals surface area contributed by atoms with Crippen LogP contribution in [-0.4, -0.2) is 33.7 Å². The van der Waals surface area contributed by atoms with E-state index < -0.39 is 6.10 Å². The molecule has 1 rings (SSSR count). The smallest absolute Gasteiger partial charge is 0.0857 e. The van der Waals surface area contributed by atoms with Crippen molar-refractivity contribution in [1.29, 1.82) is 0 Å². The topological polar surface area (TPSA) is 47.3 Å². The molecular weight excluding hydrogens is 320 g/mol. The summed E-state index contributed by atoms with van der Waals surface area (Å²) in [5, 5.41) is 15.0. The number of ether oxygens (including phenoxy) is 1. The summed E-state index contributed by atoms with van der Waals surface area (Å²) >= 11 is 3.62. The van der Waals surface area contributed by atoms with Gasteiger partial charge in [-0.25, -0.2) is 0 Å². The maximum atomic E-state index is 10.5. The molecule has 0 radical (unpaired) electrons. The van der Waals surface area contributed by atoms with Gasteiger partial charge in [0.15, 0.2) is 0 Å². The fraction of sp³-hybridized carbons (Fsp3) is 0.800. The molecule has 0 fully saturated rings. The van der Waals surface area contributed by atoms with E-state index in [4.69, 9.17) is 4.74 Å². The van der Waals surface area contributed by atoms with Gasteiger partial charge in [-0.1, -0.05) is 20.3 Å². The Morgan fingerprint density at radius 3 is 2.50 bits per heavy atom. The fourth-order valence-corrected chi connectivity index (χ4v) is 3.15. The van der Waals surface area contributed by atoms with Crippen LogP contribution in [0.3, 0.4) is 0 Å². The molecule has 0 saturated heterocycles. The summed E-state index contributed by atoms with van der Waals surface area (Å²) in [5.41, 5.74) is 2.12. The van der Waals surface area contributed by atoms with Gasteiger partial charge in [0.25, 0.3) is 0 Å². The molecule has 0 aliphatic heterocycles. The molecule has 0 amide bonds. The predicted molar refractivity (Wildman–Crippen MR) is 85.0 cm³/mol. The van der Waals surface area contributed by atoms with Crippen LogP contribution in [0.25, 0.3) is 0 Å². The summed E-state index contributed by atoms with van der Waals surface area (Å²) in [6.45, 7) is 9.69. The fourth-order valence-electron chi connectivity index (χ4n) is 2.43. The van der Waals surface area contributed by atoms with Gasteiger partial charge in [0.1, 0.15) is 0 Å². The molecule has 0 saturated carbocycles. The highest BCUT2D eigenvalue weighted by Gasteiger charge is 2.23. The van der Waals surface area contributed by atoms with Gasteiger partial charge >= 0.3 is 0 Å². The van der Waals surface area contributed by atoms with Crippen molar-refractivity contribution in [2.24, 2.45) is 0 Å². The van der Waals surface area contributed by atoms with Gasteiger partial charge in [-0.3, -0.25) is 4.68 Å². The maximum absolute atomic E-state index is 10.5. The monoisotopic (exact) mass is 346 g/mol. The molecule has 20 heavy (non-hydrogen) atoms. The number of hydrogen-bond donors (Lipinski definition) is 1. The van der Waals surface area contributed by atoms with Gasteiger partial charge in [-0.15, -0.1) is 0 Å². The molecule has 1 heterocycles. The first-order chi connectivity index (χ1) is 9.58. The lowest BCUT2D eigenvalue weighted by atomic mass is 10.0. The van der Waals surface area contributed by atoms with Crippen LogP contribution in [0.1, 0.15) is 51.9 Å². The van der Waals surface area contributed by atoms with Gasteiger partial charge in [0, 0.05) is 19.6 Å². The number of aliphatic hydroxyl groups is 1. The van der Waals surface area contributed by atoms with Crippen LogP contribution >= 0.6 is 15.9 Å². The lowest BCUT2D eigenvalue weighted by Gasteiger charge is -2.22. The number of aromatic nitrogens is 2. The van der Waals surface area contributed by atoms with Crippen molar-refractivity contribution < 1.29 is 9.84 Å². The minimum absolute atomic E-state index is 0.0952. The molecule has 1 aromatic heterocycles. The summed E-state index contributed by atoms with van der Waals surface area (Å²) < 4.78 is 8.68. The third-order valence-corrected chi connectivity index (χ3v) is 4.40. The quantitative estimate of drug-likeness (QED) is 0.745. The Balaban J connectivity index is 2.87. The van der Waals surface area contributed by atoms with Crippen LogP contribution in [0, 0.1) is 0 Å². The summed E-state index contributed by atoms with van der Waals surface area (Å²) in [6, 6.07) is 0. The van der Waals surface area contributed by atoms with E-state index in [0.29, 0.717) is 13.0 Å². The minimum atomic E-state index is -0.488. The Morgan fingerprint density at radius 2 is 2.00 bits per heavy atom. The second kappa shape index (κ2) is 8.80. The minimum Gasteiger partial charge on any atom is -0.390 e. The van der Waals surface area contributed by atoms with E-state index >= 15 is 0 Å². The van der Waals surface area contributed by atoms with Crippen molar-refractivity contribution in [2.45, 2.75) is 72.1 Å². The van der Waals surface area contributed by atoms with Crippen LogP contribution in [0.4, 0.5) is 0 Å². The lowest BCUT2D eigenvalue weighted by Crippen LogP contribution is -2.31. The third-order valence-electron chi connectivity index (χ3n) is 3.48. The molecule has 5 heteroatoms. The summed E-state index contributed by atoms with van der Waals surface area (Å²) in [4.78, 5) is 0. The van der Waals surface area contributed by atoms with Crippen molar-refractivity contribution in [2.75, 3.05) is 6.61 Å². The number of rotatable bonds is 9. The highest BCUT2D eigenvalue weighted by atomic mass is 79.9. The van der Waals surface area contributed by atoms with Crippen molar-refractivity contribution >= 4 is 15.9 Å². The van der Waals surface area contributed by atoms with Gasteiger partial charge in [0.05, 0.1) is 28.1 Å². The van der Waals surface area contributed by atoms with Crippen LogP contribution in [0.15, 0.2) is 4.47 Å². The number of nitrogens with zero attached hydrogens (tertiary/aromatic N) is 2. The molecule has 2 unspecified atom stereocenters. The van der Waals surface area contributed by atoms with Crippen molar-refractivity contribution in [3.05, 3.63) is 15.9 Å². The van der Waals surface area contributed by atoms with E-state index in [2.05, 4.69) is 41.8 Å². The number of aliphatic hydroxyl groups excluding tert-OH is 1. The summed E-state index contributed by atoms with van der Waals surface area (Å²) in [7, 11) is 0. The second-order valence-electron chi connectivity index (χ2n) is 4.93. The summed E-state index contributed by atoms with van der Waals surface area (Å²) in [5.74, 6) is 0. The Hall–Kier alpha value is -0.390. The molecule has 0 spiro atoms. The second-order valence-corrected chi connectivity index (χ2v) is 5.72. The van der Waals surface area contributed by atoms with Gasteiger partial charge in [0.2, 0.25) is 0 Å². The van der Waals surface area contributed by atoms with E-state index in [1.807, 2.05) is 11.6 Å². The Morgan fingerprint density at radius 1 is 1.30 bits per heavy atom. The van der Waals surface area contributed by atoms with E-state index in [0.717, 1.165) is 41.7 Å². The van der Waals surface area contributed by atoms with Gasteiger partial charge < -0.3 is 9.84 Å². The van der Waals surface area contributed by atoms with Crippen LogP contribution in [-0.2, 0) is 24.1 Å². The highest BCUT2D eigenvalue weighted by Crippen LogP contribution is 2.25. The highest BCUT2D eigenvalue weighted by molar-refractivity contribution is 9.10. The molecule has 1 N–H and O–H groups in total. The average Bonchev–Trinajstić information content (AvgIpc) is 2.75. The normalized spacial score (nSPS) is 14.5. The molecule has 116 valence electrons. The maximum Gasteiger partial charge on any atom is 0.0857 e. The first-order valence-electron chi connectivity index (χ1n) is 7.62. The molecule has 0 aliphatic carbocycles. The predicted octanol–water partition coefficient (Wildman–Crippen LogP) is 3.34. The number of hydrogen-bond acceptors (Lipinski definition) is 3. The first kappa shape index (κ1) is 17.7. The molecule has 0 aliphatic rings. The number of halogens is 1. The SMILES string of the molecule is CCCC(OCC)C(O)Cc1c(Br)c(CC)nn1CC. The van der Waals surface area contributed by atoms with Crippen LogP contribution in [0.2, 0.25) is 0 Å². The Labute approximate surface area is 130 Å². The zero-order chi connectivity index (χ0) is 15.1. The standard InChI is InChI=1S/C15H27BrN2O2/c1-5-9-14(20-8-4)13(19)10-12-15(16)11(6-2)17-18(12)7-3/h13-14,19H,5-10H2,1-4H3. The van der Waals surface area contributed by atoms with Crippen molar-refractivity contribution in [3.63, 3.8) is 0 Å². The third kappa shape index (κ3) is 4.30. The summed E-state index contributed by atoms with van der Waals surface area (Å²) in [6.07, 6.45) is 2.77. The zero-order valence-electron chi connectivity index (χ0n) is 13.0. The van der Waals surface area contributed by atoms with Crippen LogP contribution in [0.5, 0.6) is 0 Å². The molecule has 4 nitrogen and oxygen atoms in total. The lowest BCUT2D eigenvalue weighted by molar-refractivity contribution is -0.0371. The molecule has 2 atom stereocenters. The Bertz CT molecular complexity index is 401. The molecular formula is C15H27BrN2O2. The molecule has 1 aromatic rings. The first-order valence-corrected chi connectivity index (χ1v) is 8.41. The van der Waals surface area contributed by atoms with Crippen LogP contribution < -0.4 is 0 Å². The van der Waals surface area contributed by atoms with Gasteiger partial charge in [-0.2, -0.15) is 5.10 Å². The van der Waals surface area contributed by atoms with E-state index in [1.54, 1.807) is 0 Å². The van der Waals surface area contributed by atoms with E-state index in [-0.39, 0.29) is 6.10 Å². The zero-order valence-corrected chi connectivity index (χ0v) is 14.6. The van der Waals surface area contributed by atoms with E-state index in [1.165, 1.54) is 0 Å². The van der Waals surface area contributed by atoms with E-state index in [9.17, 15) is 5.11 Å². The van der Waals surface area contributed by atoms with Gasteiger partial charge in [-0.05, 0) is 42.6 Å². The molecule has 0 aromatic carbocycles. The Kier molecular flexibility index (Phi) is 7.77.